The second kappa shape index (κ2) is 44.4. The average molecular weight is 790 g/mol. The summed E-state index contributed by atoms with van der Waals surface area (Å²) in [5.41, 5.74) is 0. The fraction of sp³-hybridized carbons (Fsp3) is 0.880. The molecule has 0 aliphatic heterocycles. The first-order chi connectivity index (χ1) is 27.5. The molecule has 0 saturated carbocycles. The number of hydrogen-bond donors (Lipinski definition) is 3. The molecule has 0 radical (unpaired) electrons. The summed E-state index contributed by atoms with van der Waals surface area (Å²) in [5.74, 6) is -0.491. The number of aliphatic hydroxyl groups is 2. The number of ether oxygens (including phenoxy) is 1. The largest absolute Gasteiger partial charge is 0.462 e. The van der Waals surface area contributed by atoms with Crippen molar-refractivity contribution in [2.45, 2.75) is 277 Å². The van der Waals surface area contributed by atoms with Gasteiger partial charge >= 0.3 is 5.97 Å². The predicted molar refractivity (Wildman–Crippen MR) is 241 cm³/mol. The van der Waals surface area contributed by atoms with Crippen LogP contribution in [0.15, 0.2) is 24.3 Å². The van der Waals surface area contributed by atoms with Gasteiger partial charge in [-0.25, -0.2) is 0 Å². The Bertz CT molecular complexity index is 889. The van der Waals surface area contributed by atoms with Gasteiger partial charge in [0.1, 0.15) is 6.10 Å². The van der Waals surface area contributed by atoms with Crippen LogP contribution in [0.25, 0.3) is 0 Å². The van der Waals surface area contributed by atoms with E-state index >= 15 is 0 Å². The van der Waals surface area contributed by atoms with Crippen molar-refractivity contribution in [3.63, 3.8) is 0 Å². The van der Waals surface area contributed by atoms with Crippen LogP contribution in [0.1, 0.15) is 258 Å². The first-order valence-corrected chi connectivity index (χ1v) is 24.6. The van der Waals surface area contributed by atoms with E-state index in [9.17, 15) is 19.8 Å². The second-order valence-corrected chi connectivity index (χ2v) is 16.9. The minimum atomic E-state index is -0.787. The minimum Gasteiger partial charge on any atom is -0.462 e. The lowest BCUT2D eigenvalue weighted by Crippen LogP contribution is -2.46. The van der Waals surface area contributed by atoms with Gasteiger partial charge in [-0.15, -0.1) is 0 Å². The Kier molecular flexibility index (Phi) is 43.1. The minimum absolute atomic E-state index is 0.0677. The molecule has 56 heavy (non-hydrogen) atoms. The first-order valence-electron chi connectivity index (χ1n) is 24.6. The average Bonchev–Trinajstić information content (AvgIpc) is 3.19. The summed E-state index contributed by atoms with van der Waals surface area (Å²) in [6.07, 6.45) is 49.6. The number of carbonyl (C=O) groups is 2. The molecule has 0 aromatic carbocycles. The maximum Gasteiger partial charge on any atom is 0.306 e. The third-order valence-electron chi connectivity index (χ3n) is 11.2. The molecule has 0 bridgehead atoms. The summed E-state index contributed by atoms with van der Waals surface area (Å²) in [7, 11) is 0. The lowest BCUT2D eigenvalue weighted by molar-refractivity contribution is -0.151. The maximum atomic E-state index is 13.1. The summed E-state index contributed by atoms with van der Waals surface area (Å²) in [6, 6.07) is -0.701. The van der Waals surface area contributed by atoms with Gasteiger partial charge in [0.25, 0.3) is 0 Å². The molecule has 3 N–H and O–H groups in total. The Morgan fingerprint density at radius 3 is 1.36 bits per heavy atom. The van der Waals surface area contributed by atoms with E-state index in [1.807, 2.05) is 0 Å². The number of carbonyl (C=O) groups excluding carboxylic acids is 2. The topological polar surface area (TPSA) is 95.9 Å². The Hall–Kier alpha value is -1.66. The van der Waals surface area contributed by atoms with Gasteiger partial charge in [0.15, 0.2) is 0 Å². The Labute approximate surface area is 348 Å². The molecule has 1 amide bonds. The number of allylic oxidation sites excluding steroid dienone is 4. The molecule has 0 aromatic rings. The van der Waals surface area contributed by atoms with Crippen LogP contribution < -0.4 is 5.32 Å². The smallest absolute Gasteiger partial charge is 0.306 e. The van der Waals surface area contributed by atoms with Crippen LogP contribution in [-0.2, 0) is 14.3 Å². The van der Waals surface area contributed by atoms with Crippen molar-refractivity contribution in [2.24, 2.45) is 0 Å². The predicted octanol–water partition coefficient (Wildman–Crippen LogP) is 14.3. The summed E-state index contributed by atoms with van der Waals surface area (Å²) < 4.78 is 5.89. The van der Waals surface area contributed by atoms with Crippen molar-refractivity contribution in [3.05, 3.63) is 24.3 Å². The zero-order chi connectivity index (χ0) is 41.0. The van der Waals surface area contributed by atoms with Gasteiger partial charge in [-0.05, 0) is 70.6 Å². The van der Waals surface area contributed by atoms with Crippen molar-refractivity contribution >= 4 is 11.9 Å². The highest BCUT2D eigenvalue weighted by Gasteiger charge is 2.24. The summed E-state index contributed by atoms with van der Waals surface area (Å²) in [6.45, 7) is 6.40. The number of esters is 1. The SMILES string of the molecule is CCC/C=C\CCCCCC(CC(=O)NC(CO)C(O)CCCCCCCCCCCCCC)OC(=O)CCCCCCCCC/C=C/CCCCCCCC. The molecule has 0 rings (SSSR count). The maximum absolute atomic E-state index is 13.1. The van der Waals surface area contributed by atoms with Gasteiger partial charge in [-0.2, -0.15) is 0 Å². The number of nitrogens with one attached hydrogen (secondary N) is 1. The molecular weight excluding hydrogens is 695 g/mol. The fourth-order valence-electron chi connectivity index (χ4n) is 7.49. The van der Waals surface area contributed by atoms with E-state index in [0.29, 0.717) is 19.3 Å². The molecule has 0 aromatic heterocycles. The zero-order valence-corrected chi connectivity index (χ0v) is 37.5. The van der Waals surface area contributed by atoms with Crippen LogP contribution >= 0.6 is 0 Å². The molecule has 3 unspecified atom stereocenters. The van der Waals surface area contributed by atoms with Gasteiger partial charge in [-0.1, -0.05) is 199 Å². The highest BCUT2D eigenvalue weighted by Crippen LogP contribution is 2.17. The molecule has 3 atom stereocenters. The Morgan fingerprint density at radius 2 is 0.893 bits per heavy atom. The molecule has 330 valence electrons. The fourth-order valence-corrected chi connectivity index (χ4v) is 7.49. The van der Waals surface area contributed by atoms with Gasteiger partial charge in [-0.3, -0.25) is 9.59 Å². The van der Waals surface area contributed by atoms with E-state index in [2.05, 4.69) is 50.4 Å². The third kappa shape index (κ3) is 39.2. The molecule has 0 heterocycles. The quantitative estimate of drug-likeness (QED) is 0.0324. The molecule has 6 heteroatoms. The van der Waals surface area contributed by atoms with Crippen LogP contribution in [0.3, 0.4) is 0 Å². The Balaban J connectivity index is 4.42. The van der Waals surface area contributed by atoms with Crippen molar-refractivity contribution in [2.75, 3.05) is 6.61 Å². The number of hydrogen-bond acceptors (Lipinski definition) is 5. The molecule has 0 saturated heterocycles. The molecule has 0 aliphatic carbocycles. The standard InChI is InChI=1S/C50H95NO5/c1-4-7-10-13-16-19-21-23-24-25-26-27-29-31-34-37-40-43-50(55)56-46(41-38-35-32-18-15-12-9-6-3)44-49(54)51-47(45-52)48(53)42-39-36-33-30-28-22-20-17-14-11-8-5-2/h12,15,23-24,46-48,52-53H,4-11,13-14,16-22,25-45H2,1-3H3,(H,51,54)/b15-12-,24-23+. The molecule has 0 aliphatic rings. The van der Waals surface area contributed by atoms with E-state index in [1.54, 1.807) is 0 Å². The summed E-state index contributed by atoms with van der Waals surface area (Å²) in [5, 5.41) is 23.6. The third-order valence-corrected chi connectivity index (χ3v) is 11.2. The van der Waals surface area contributed by atoms with Crippen LogP contribution in [-0.4, -0.2) is 46.9 Å². The number of rotatable bonds is 44. The summed E-state index contributed by atoms with van der Waals surface area (Å²) in [4.78, 5) is 26.0. The Morgan fingerprint density at radius 1 is 0.500 bits per heavy atom. The normalized spacial score (nSPS) is 13.4. The van der Waals surface area contributed by atoms with Crippen molar-refractivity contribution in [3.8, 4) is 0 Å². The van der Waals surface area contributed by atoms with Crippen LogP contribution in [0.5, 0.6) is 0 Å². The first kappa shape index (κ1) is 54.3. The molecule has 0 fully saturated rings. The van der Waals surface area contributed by atoms with E-state index in [4.69, 9.17) is 4.74 Å². The number of unbranched alkanes of at least 4 members (excludes halogenated alkanes) is 28. The van der Waals surface area contributed by atoms with E-state index in [-0.39, 0.29) is 24.9 Å². The lowest BCUT2D eigenvalue weighted by atomic mass is 10.0. The van der Waals surface area contributed by atoms with E-state index in [0.717, 1.165) is 77.0 Å². The van der Waals surface area contributed by atoms with Gasteiger partial charge < -0.3 is 20.3 Å². The highest BCUT2D eigenvalue weighted by molar-refractivity contribution is 5.77. The van der Waals surface area contributed by atoms with Crippen LogP contribution in [0, 0.1) is 0 Å². The number of aliphatic hydroxyl groups excluding tert-OH is 2. The zero-order valence-electron chi connectivity index (χ0n) is 37.5. The molecule has 0 spiro atoms. The number of amides is 1. The van der Waals surface area contributed by atoms with E-state index < -0.39 is 18.2 Å². The van der Waals surface area contributed by atoms with Crippen molar-refractivity contribution in [1.29, 1.82) is 0 Å². The second-order valence-electron chi connectivity index (χ2n) is 16.9. The highest BCUT2D eigenvalue weighted by atomic mass is 16.5. The van der Waals surface area contributed by atoms with Crippen molar-refractivity contribution in [1.82, 2.24) is 5.32 Å². The van der Waals surface area contributed by atoms with Gasteiger partial charge in [0.05, 0.1) is 25.2 Å². The summed E-state index contributed by atoms with van der Waals surface area (Å²) >= 11 is 0. The van der Waals surface area contributed by atoms with E-state index in [1.165, 1.54) is 135 Å². The monoisotopic (exact) mass is 790 g/mol. The van der Waals surface area contributed by atoms with Crippen LogP contribution in [0.4, 0.5) is 0 Å². The molecular formula is C50H95NO5. The van der Waals surface area contributed by atoms with Gasteiger partial charge in [0, 0.05) is 6.42 Å². The van der Waals surface area contributed by atoms with Crippen LogP contribution in [0.2, 0.25) is 0 Å². The lowest BCUT2D eigenvalue weighted by Gasteiger charge is -2.24. The molecule has 6 nitrogen and oxygen atoms in total. The van der Waals surface area contributed by atoms with Gasteiger partial charge in [0.2, 0.25) is 5.91 Å². The van der Waals surface area contributed by atoms with Crippen molar-refractivity contribution < 1.29 is 24.5 Å².